The van der Waals surface area contributed by atoms with E-state index in [0.717, 1.165) is 16.9 Å². The van der Waals surface area contributed by atoms with Crippen molar-refractivity contribution in [3.63, 3.8) is 0 Å². The number of carbonyl (C=O) groups excluding carboxylic acids is 2. The van der Waals surface area contributed by atoms with E-state index in [-0.39, 0.29) is 23.6 Å². The van der Waals surface area contributed by atoms with Gasteiger partial charge in [0.05, 0.1) is 11.0 Å². The van der Waals surface area contributed by atoms with Crippen LogP contribution in [0.25, 0.3) is 6.08 Å². The Morgan fingerprint density at radius 1 is 1.10 bits per heavy atom. The molecule has 0 fully saturated rings. The second-order valence-corrected chi connectivity index (χ2v) is 8.18. The molecular formula is C24H22O5. The third-order valence-corrected chi connectivity index (χ3v) is 4.78. The van der Waals surface area contributed by atoms with Crippen LogP contribution in [0.1, 0.15) is 43.6 Å². The Bertz CT molecular complexity index is 1070. The maximum absolute atomic E-state index is 12.7. The summed E-state index contributed by atoms with van der Waals surface area (Å²) < 4.78 is 17.1. The number of fused-ring (bicyclic) bond motifs is 2. The molecule has 2 aliphatic rings. The van der Waals surface area contributed by atoms with Gasteiger partial charge in [0.15, 0.2) is 5.76 Å². The van der Waals surface area contributed by atoms with Gasteiger partial charge in [0, 0.05) is 11.6 Å². The van der Waals surface area contributed by atoms with Gasteiger partial charge in [0.1, 0.15) is 23.4 Å². The fraction of sp³-hybridized carbons (Fsp3) is 0.250. The maximum Gasteiger partial charge on any atom is 0.316 e. The average molecular weight is 390 g/mol. The minimum absolute atomic E-state index is 0.208. The first-order valence-electron chi connectivity index (χ1n) is 9.50. The van der Waals surface area contributed by atoms with Crippen LogP contribution in [0.2, 0.25) is 0 Å². The third-order valence-electron chi connectivity index (χ3n) is 4.78. The summed E-state index contributed by atoms with van der Waals surface area (Å²) >= 11 is 0. The number of hydrogen-bond acceptors (Lipinski definition) is 5. The summed E-state index contributed by atoms with van der Waals surface area (Å²) in [5, 5.41) is 0. The normalized spacial score (nSPS) is 19.0. The minimum atomic E-state index is -0.624. The van der Waals surface area contributed by atoms with Crippen molar-refractivity contribution in [3.8, 4) is 17.2 Å². The summed E-state index contributed by atoms with van der Waals surface area (Å²) in [6.45, 7) is 7.27. The van der Waals surface area contributed by atoms with E-state index in [1.54, 1.807) is 45.0 Å². The smallest absolute Gasteiger partial charge is 0.316 e. The second-order valence-electron chi connectivity index (χ2n) is 8.18. The quantitative estimate of drug-likeness (QED) is 0.412. The van der Waals surface area contributed by atoms with Gasteiger partial charge in [0.25, 0.3) is 0 Å². The Kier molecular flexibility index (Phi) is 4.53. The highest BCUT2D eigenvalue weighted by atomic mass is 16.5. The SMILES string of the molecule is CC1Oc2ccccc2C=C1C=C1Oc2cc(OC(=O)C(C)(C)C)ccc2C1=O. The Morgan fingerprint density at radius 2 is 1.86 bits per heavy atom. The number of Topliss-reactive ketones (excluding diaryl/α,β-unsaturated/α-hetero) is 1. The topological polar surface area (TPSA) is 61.8 Å². The van der Waals surface area contributed by atoms with E-state index in [9.17, 15) is 9.59 Å². The van der Waals surface area contributed by atoms with Crippen LogP contribution in [0.5, 0.6) is 17.2 Å². The molecule has 5 heteroatoms. The molecule has 0 radical (unpaired) electrons. The predicted molar refractivity (Wildman–Crippen MR) is 109 cm³/mol. The van der Waals surface area contributed by atoms with Crippen molar-refractivity contribution in [2.24, 2.45) is 5.41 Å². The van der Waals surface area contributed by atoms with Crippen LogP contribution in [0.4, 0.5) is 0 Å². The lowest BCUT2D eigenvalue weighted by Crippen LogP contribution is -2.25. The van der Waals surface area contributed by atoms with Crippen LogP contribution in [-0.2, 0) is 4.79 Å². The van der Waals surface area contributed by atoms with Gasteiger partial charge < -0.3 is 14.2 Å². The molecule has 0 amide bonds. The molecule has 0 bridgehead atoms. The fourth-order valence-electron chi connectivity index (χ4n) is 3.06. The van der Waals surface area contributed by atoms with E-state index in [4.69, 9.17) is 14.2 Å². The van der Waals surface area contributed by atoms with Gasteiger partial charge in [-0.1, -0.05) is 18.2 Å². The fourth-order valence-corrected chi connectivity index (χ4v) is 3.06. The van der Waals surface area contributed by atoms with Gasteiger partial charge in [-0.2, -0.15) is 0 Å². The summed E-state index contributed by atoms with van der Waals surface area (Å²) in [5.41, 5.74) is 1.62. The molecule has 0 spiro atoms. The Labute approximate surface area is 169 Å². The van der Waals surface area contributed by atoms with Crippen LogP contribution in [0.15, 0.2) is 59.9 Å². The molecule has 5 nitrogen and oxygen atoms in total. The van der Waals surface area contributed by atoms with Gasteiger partial charge in [-0.25, -0.2) is 0 Å². The molecule has 2 aromatic rings. The lowest BCUT2D eigenvalue weighted by Gasteiger charge is -2.22. The minimum Gasteiger partial charge on any atom is -0.485 e. The van der Waals surface area contributed by atoms with Gasteiger partial charge >= 0.3 is 5.97 Å². The maximum atomic E-state index is 12.7. The number of esters is 1. The molecule has 2 aliphatic heterocycles. The van der Waals surface area contributed by atoms with E-state index >= 15 is 0 Å². The number of ketones is 1. The summed E-state index contributed by atoms with van der Waals surface area (Å²) in [5.74, 6) is 1.20. The summed E-state index contributed by atoms with van der Waals surface area (Å²) in [7, 11) is 0. The lowest BCUT2D eigenvalue weighted by molar-refractivity contribution is -0.143. The monoisotopic (exact) mass is 390 g/mol. The van der Waals surface area contributed by atoms with E-state index in [0.29, 0.717) is 17.1 Å². The first kappa shape index (κ1) is 19.0. The molecule has 0 saturated carbocycles. The highest BCUT2D eigenvalue weighted by Crippen LogP contribution is 2.37. The first-order chi connectivity index (χ1) is 13.7. The Balaban J connectivity index is 1.60. The van der Waals surface area contributed by atoms with Crippen LogP contribution in [0.3, 0.4) is 0 Å². The van der Waals surface area contributed by atoms with Gasteiger partial charge in [-0.05, 0) is 63.6 Å². The van der Waals surface area contributed by atoms with Crippen LogP contribution >= 0.6 is 0 Å². The zero-order valence-electron chi connectivity index (χ0n) is 16.8. The zero-order valence-corrected chi connectivity index (χ0v) is 16.8. The van der Waals surface area contributed by atoms with E-state index in [1.807, 2.05) is 37.3 Å². The number of allylic oxidation sites excluding steroid dienone is 1. The number of benzene rings is 2. The molecule has 1 atom stereocenters. The van der Waals surface area contributed by atoms with Crippen LogP contribution in [0, 0.1) is 5.41 Å². The molecule has 0 N–H and O–H groups in total. The predicted octanol–water partition coefficient (Wildman–Crippen LogP) is 4.96. The van der Waals surface area contributed by atoms with Crippen molar-refractivity contribution in [2.45, 2.75) is 33.8 Å². The Morgan fingerprint density at radius 3 is 2.62 bits per heavy atom. The number of ether oxygens (including phenoxy) is 3. The van der Waals surface area contributed by atoms with E-state index in [1.165, 1.54) is 0 Å². The van der Waals surface area contributed by atoms with Crippen molar-refractivity contribution >= 4 is 17.8 Å². The summed E-state index contributed by atoms with van der Waals surface area (Å²) in [6.07, 6.45) is 3.50. The number of carbonyl (C=O) groups is 2. The molecule has 2 aromatic carbocycles. The molecular weight excluding hydrogens is 368 g/mol. The molecule has 29 heavy (non-hydrogen) atoms. The summed E-state index contributed by atoms with van der Waals surface area (Å²) in [4.78, 5) is 24.8. The van der Waals surface area contributed by atoms with Crippen LogP contribution < -0.4 is 14.2 Å². The van der Waals surface area contributed by atoms with E-state index in [2.05, 4.69) is 0 Å². The Hall–Kier alpha value is -3.34. The van der Waals surface area contributed by atoms with Crippen molar-refractivity contribution in [1.82, 2.24) is 0 Å². The lowest BCUT2D eigenvalue weighted by atomic mass is 9.97. The summed E-state index contributed by atoms with van der Waals surface area (Å²) in [6, 6.07) is 12.5. The van der Waals surface area contributed by atoms with Crippen molar-refractivity contribution < 1.29 is 23.8 Å². The number of rotatable bonds is 2. The molecule has 4 rings (SSSR count). The van der Waals surface area contributed by atoms with E-state index < -0.39 is 5.41 Å². The molecule has 0 aromatic heterocycles. The largest absolute Gasteiger partial charge is 0.485 e. The van der Waals surface area contributed by atoms with Crippen molar-refractivity contribution in [3.05, 3.63) is 71.0 Å². The highest BCUT2D eigenvalue weighted by Gasteiger charge is 2.30. The van der Waals surface area contributed by atoms with Gasteiger partial charge in [0.2, 0.25) is 5.78 Å². The van der Waals surface area contributed by atoms with Crippen molar-refractivity contribution in [1.29, 1.82) is 0 Å². The molecule has 0 aliphatic carbocycles. The molecule has 2 heterocycles. The van der Waals surface area contributed by atoms with Gasteiger partial charge in [-0.15, -0.1) is 0 Å². The number of para-hydroxylation sites is 1. The second kappa shape index (κ2) is 6.92. The number of hydrogen-bond donors (Lipinski definition) is 0. The molecule has 148 valence electrons. The van der Waals surface area contributed by atoms with Gasteiger partial charge in [-0.3, -0.25) is 9.59 Å². The first-order valence-corrected chi connectivity index (χ1v) is 9.50. The highest BCUT2D eigenvalue weighted by molar-refractivity contribution is 6.12. The average Bonchev–Trinajstić information content (AvgIpc) is 2.96. The standard InChI is InChI=1S/C24H22O5/c1-14-16(11-15-7-5-6-8-19(15)27-14)12-21-22(25)18-10-9-17(13-20(18)29-21)28-23(26)24(2,3)4/h5-14H,1-4H3. The zero-order chi connectivity index (χ0) is 20.8. The van der Waals surface area contributed by atoms with Crippen LogP contribution in [-0.4, -0.2) is 17.9 Å². The third kappa shape index (κ3) is 3.68. The molecule has 0 saturated heterocycles. The molecule has 1 unspecified atom stereocenters. The van der Waals surface area contributed by atoms with Crippen molar-refractivity contribution in [2.75, 3.05) is 0 Å².